The van der Waals surface area contributed by atoms with Crippen LogP contribution in [-0.4, -0.2) is 52.9 Å². The van der Waals surface area contributed by atoms with Crippen LogP contribution in [0.15, 0.2) is 42.7 Å². The van der Waals surface area contributed by atoms with Crippen molar-refractivity contribution in [1.82, 2.24) is 14.9 Å². The summed E-state index contributed by atoms with van der Waals surface area (Å²) in [6, 6.07) is 9.46. The Balaban J connectivity index is 1.22. The third-order valence-electron chi connectivity index (χ3n) is 6.26. The maximum absolute atomic E-state index is 12.7. The number of nitrogens with zero attached hydrogens (tertiary/aromatic N) is 4. The molecule has 1 aromatic heterocycles. The van der Waals surface area contributed by atoms with Gasteiger partial charge in [0.1, 0.15) is 0 Å². The second-order valence-corrected chi connectivity index (χ2v) is 8.55. The minimum Gasteiger partial charge on any atom is -0.339 e. The SMILES string of the molecule is O=C(CC1CCCCC1)Nc1ccc(CC(=O)N2CCN(c3ncccn3)CC2)cc1. The van der Waals surface area contributed by atoms with Crippen LogP contribution in [-0.2, 0) is 16.0 Å². The molecular weight excluding hydrogens is 390 g/mol. The largest absolute Gasteiger partial charge is 0.339 e. The fraction of sp³-hybridized carbons (Fsp3) is 0.500. The Morgan fingerprint density at radius 1 is 0.935 bits per heavy atom. The maximum Gasteiger partial charge on any atom is 0.227 e. The highest BCUT2D eigenvalue weighted by Gasteiger charge is 2.22. The molecule has 2 amide bonds. The van der Waals surface area contributed by atoms with Crippen LogP contribution in [0.5, 0.6) is 0 Å². The molecule has 2 aliphatic rings. The van der Waals surface area contributed by atoms with Crippen molar-refractivity contribution in [3.63, 3.8) is 0 Å². The topological polar surface area (TPSA) is 78.4 Å². The van der Waals surface area contributed by atoms with Gasteiger partial charge < -0.3 is 15.1 Å². The van der Waals surface area contributed by atoms with Gasteiger partial charge in [0.05, 0.1) is 6.42 Å². The van der Waals surface area contributed by atoms with Gasteiger partial charge in [-0.1, -0.05) is 31.4 Å². The van der Waals surface area contributed by atoms with Gasteiger partial charge in [-0.25, -0.2) is 9.97 Å². The minimum absolute atomic E-state index is 0.0935. The molecule has 7 nitrogen and oxygen atoms in total. The molecule has 31 heavy (non-hydrogen) atoms. The monoisotopic (exact) mass is 421 g/mol. The molecule has 7 heteroatoms. The van der Waals surface area contributed by atoms with E-state index >= 15 is 0 Å². The molecule has 1 aliphatic heterocycles. The van der Waals surface area contributed by atoms with Gasteiger partial charge in [0.15, 0.2) is 0 Å². The third kappa shape index (κ3) is 6.03. The highest BCUT2D eigenvalue weighted by molar-refractivity contribution is 5.91. The highest BCUT2D eigenvalue weighted by Crippen LogP contribution is 2.26. The number of amides is 2. The molecule has 1 saturated heterocycles. The number of carbonyl (C=O) groups excluding carboxylic acids is 2. The number of benzene rings is 1. The Morgan fingerprint density at radius 2 is 1.61 bits per heavy atom. The van der Waals surface area contributed by atoms with Crippen LogP contribution in [0.1, 0.15) is 44.1 Å². The number of hydrogen-bond donors (Lipinski definition) is 1. The van der Waals surface area contributed by atoms with Gasteiger partial charge in [0.2, 0.25) is 17.8 Å². The number of hydrogen-bond acceptors (Lipinski definition) is 5. The van der Waals surface area contributed by atoms with Gasteiger partial charge in [-0.15, -0.1) is 0 Å². The second kappa shape index (κ2) is 10.4. The summed E-state index contributed by atoms with van der Waals surface area (Å²) in [7, 11) is 0. The first-order valence-corrected chi connectivity index (χ1v) is 11.4. The molecule has 0 atom stereocenters. The van der Waals surface area contributed by atoms with Gasteiger partial charge in [0, 0.05) is 50.7 Å². The first-order valence-electron chi connectivity index (χ1n) is 11.4. The standard InChI is InChI=1S/C24H31N5O2/c30-22(17-19-5-2-1-3-6-19)27-21-9-7-20(8-10-21)18-23(31)28-13-15-29(16-14-28)24-25-11-4-12-26-24/h4,7-12,19H,1-3,5-6,13-18H2,(H,27,30). The molecule has 2 fully saturated rings. The molecule has 2 aromatic rings. The second-order valence-electron chi connectivity index (χ2n) is 8.55. The van der Waals surface area contributed by atoms with Crippen molar-refractivity contribution in [2.75, 3.05) is 36.4 Å². The summed E-state index contributed by atoms with van der Waals surface area (Å²) in [6.07, 6.45) is 10.6. The maximum atomic E-state index is 12.7. The molecule has 4 rings (SSSR count). The lowest BCUT2D eigenvalue weighted by molar-refractivity contribution is -0.130. The van der Waals surface area contributed by atoms with Crippen molar-refractivity contribution in [2.45, 2.75) is 44.9 Å². The Morgan fingerprint density at radius 3 is 2.29 bits per heavy atom. The molecule has 1 saturated carbocycles. The van der Waals surface area contributed by atoms with Gasteiger partial charge in [-0.3, -0.25) is 9.59 Å². The molecule has 1 N–H and O–H groups in total. The zero-order valence-corrected chi connectivity index (χ0v) is 18.0. The average Bonchev–Trinajstić information content (AvgIpc) is 2.81. The molecule has 1 aromatic carbocycles. The van der Waals surface area contributed by atoms with Crippen LogP contribution in [0.2, 0.25) is 0 Å². The molecule has 0 radical (unpaired) electrons. The molecule has 1 aliphatic carbocycles. The summed E-state index contributed by atoms with van der Waals surface area (Å²) in [6.45, 7) is 2.82. The van der Waals surface area contributed by atoms with Gasteiger partial charge >= 0.3 is 0 Å². The number of anilines is 2. The van der Waals surface area contributed by atoms with Crippen molar-refractivity contribution in [1.29, 1.82) is 0 Å². The smallest absolute Gasteiger partial charge is 0.227 e. The lowest BCUT2D eigenvalue weighted by Gasteiger charge is -2.34. The Kier molecular flexibility index (Phi) is 7.12. The van der Waals surface area contributed by atoms with Crippen LogP contribution in [0.4, 0.5) is 11.6 Å². The summed E-state index contributed by atoms with van der Waals surface area (Å²) in [5.74, 6) is 1.47. The van der Waals surface area contributed by atoms with Gasteiger partial charge in [-0.05, 0) is 42.5 Å². The summed E-state index contributed by atoms with van der Waals surface area (Å²) in [4.78, 5) is 37.6. The van der Waals surface area contributed by atoms with Crippen LogP contribution in [0.3, 0.4) is 0 Å². The Hall–Kier alpha value is -2.96. The predicted molar refractivity (Wildman–Crippen MR) is 121 cm³/mol. The third-order valence-corrected chi connectivity index (χ3v) is 6.26. The molecule has 164 valence electrons. The first-order chi connectivity index (χ1) is 15.2. The van der Waals surface area contributed by atoms with Crippen molar-refractivity contribution >= 4 is 23.5 Å². The van der Waals surface area contributed by atoms with E-state index in [1.165, 1.54) is 32.1 Å². The molecule has 0 bridgehead atoms. The number of carbonyl (C=O) groups is 2. The predicted octanol–water partition coefficient (Wildman–Crippen LogP) is 3.28. The van der Waals surface area contributed by atoms with E-state index in [-0.39, 0.29) is 11.8 Å². The number of piperazine rings is 1. The quantitative estimate of drug-likeness (QED) is 0.774. The van der Waals surface area contributed by atoms with Gasteiger partial charge in [-0.2, -0.15) is 0 Å². The van der Waals surface area contributed by atoms with Gasteiger partial charge in [0.25, 0.3) is 0 Å². The van der Waals surface area contributed by atoms with E-state index in [4.69, 9.17) is 0 Å². The van der Waals surface area contributed by atoms with Crippen LogP contribution in [0, 0.1) is 5.92 Å². The molecule has 0 spiro atoms. The fourth-order valence-electron chi connectivity index (χ4n) is 4.47. The van der Waals surface area contributed by atoms with Crippen LogP contribution in [0.25, 0.3) is 0 Å². The highest BCUT2D eigenvalue weighted by atomic mass is 16.2. The van der Waals surface area contributed by atoms with Crippen molar-refractivity contribution in [3.05, 3.63) is 48.3 Å². The summed E-state index contributed by atoms with van der Waals surface area (Å²) in [5.41, 5.74) is 1.76. The number of nitrogens with one attached hydrogen (secondary N) is 1. The summed E-state index contributed by atoms with van der Waals surface area (Å²) in [5, 5.41) is 3.00. The van der Waals surface area contributed by atoms with E-state index in [1.807, 2.05) is 29.2 Å². The van der Waals surface area contributed by atoms with E-state index in [0.717, 1.165) is 30.3 Å². The lowest BCUT2D eigenvalue weighted by Crippen LogP contribution is -2.49. The molecular formula is C24H31N5O2. The average molecular weight is 422 g/mol. The normalized spacial score (nSPS) is 17.4. The Bertz CT molecular complexity index is 857. The Labute approximate surface area is 183 Å². The lowest BCUT2D eigenvalue weighted by atomic mass is 9.87. The van der Waals surface area contributed by atoms with E-state index < -0.39 is 0 Å². The van der Waals surface area contributed by atoms with Crippen molar-refractivity contribution in [3.8, 4) is 0 Å². The fourth-order valence-corrected chi connectivity index (χ4v) is 4.47. The number of aromatic nitrogens is 2. The van der Waals surface area contributed by atoms with Crippen molar-refractivity contribution < 1.29 is 9.59 Å². The van der Waals surface area contributed by atoms with Crippen molar-refractivity contribution in [2.24, 2.45) is 5.92 Å². The van der Waals surface area contributed by atoms with E-state index in [1.54, 1.807) is 18.5 Å². The van der Waals surface area contributed by atoms with E-state index in [9.17, 15) is 9.59 Å². The van der Waals surface area contributed by atoms with E-state index in [0.29, 0.717) is 31.8 Å². The van der Waals surface area contributed by atoms with Crippen LogP contribution >= 0.6 is 0 Å². The molecule has 2 heterocycles. The number of rotatable bonds is 6. The summed E-state index contributed by atoms with van der Waals surface area (Å²) < 4.78 is 0. The minimum atomic E-state index is 0.0935. The zero-order valence-electron chi connectivity index (χ0n) is 18.0. The van der Waals surface area contributed by atoms with Crippen LogP contribution < -0.4 is 10.2 Å². The summed E-state index contributed by atoms with van der Waals surface area (Å²) >= 11 is 0. The first kappa shape index (κ1) is 21.3. The molecule has 0 unspecified atom stereocenters. The van der Waals surface area contributed by atoms with E-state index in [2.05, 4.69) is 20.2 Å². The zero-order chi connectivity index (χ0) is 21.5.